The molecule has 0 aliphatic carbocycles. The standard InChI is InChI=1S/C15H29O4S/c1-5-7-9-20(10-8-6-2)11-14(16)18-12-19-15(17)13(3)4/h13H,5-12H2,1-4H3/q+1. The Hall–Kier alpha value is -0.710. The Morgan fingerprint density at radius 2 is 1.55 bits per heavy atom. The molecule has 0 atom stereocenters. The van der Waals surface area contributed by atoms with Gasteiger partial charge in [0.25, 0.3) is 0 Å². The Labute approximate surface area is 125 Å². The third-order valence-corrected chi connectivity index (χ3v) is 5.16. The van der Waals surface area contributed by atoms with Crippen LogP contribution in [0.4, 0.5) is 0 Å². The molecule has 0 aromatic rings. The van der Waals surface area contributed by atoms with E-state index in [4.69, 9.17) is 9.47 Å². The Morgan fingerprint density at radius 3 is 2.00 bits per heavy atom. The van der Waals surface area contributed by atoms with E-state index in [-0.39, 0.29) is 35.5 Å². The summed E-state index contributed by atoms with van der Waals surface area (Å²) in [7, 11) is 0.108. The van der Waals surface area contributed by atoms with Crippen LogP contribution in [0.3, 0.4) is 0 Å². The van der Waals surface area contributed by atoms with Crippen molar-refractivity contribution in [1.82, 2.24) is 0 Å². The van der Waals surface area contributed by atoms with Crippen LogP contribution in [0.1, 0.15) is 53.4 Å². The number of hydrogen-bond acceptors (Lipinski definition) is 4. The van der Waals surface area contributed by atoms with Crippen molar-refractivity contribution in [3.05, 3.63) is 0 Å². The summed E-state index contributed by atoms with van der Waals surface area (Å²) in [6.45, 7) is 7.55. The topological polar surface area (TPSA) is 52.6 Å². The zero-order valence-corrected chi connectivity index (χ0v) is 14.1. The zero-order valence-electron chi connectivity index (χ0n) is 13.3. The first kappa shape index (κ1) is 19.3. The summed E-state index contributed by atoms with van der Waals surface area (Å²) in [4.78, 5) is 22.9. The molecule has 0 N–H and O–H groups in total. The first-order chi connectivity index (χ1) is 9.51. The zero-order chi connectivity index (χ0) is 15.4. The van der Waals surface area contributed by atoms with Gasteiger partial charge in [-0.3, -0.25) is 4.79 Å². The fourth-order valence-corrected chi connectivity index (χ4v) is 3.77. The van der Waals surface area contributed by atoms with Crippen LogP contribution < -0.4 is 0 Å². The molecule has 0 aromatic heterocycles. The Kier molecular flexibility index (Phi) is 11.6. The van der Waals surface area contributed by atoms with Crippen LogP contribution in [0.2, 0.25) is 0 Å². The quantitative estimate of drug-likeness (QED) is 0.334. The minimum atomic E-state index is -0.339. The maximum atomic E-state index is 11.7. The number of unbranched alkanes of at least 4 members (excludes halogenated alkanes) is 2. The molecule has 0 bridgehead atoms. The van der Waals surface area contributed by atoms with Gasteiger partial charge in [-0.2, -0.15) is 0 Å². The van der Waals surface area contributed by atoms with E-state index >= 15 is 0 Å². The van der Waals surface area contributed by atoms with Crippen LogP contribution in [0.5, 0.6) is 0 Å². The Balaban J connectivity index is 3.95. The lowest BCUT2D eigenvalue weighted by Crippen LogP contribution is -2.25. The van der Waals surface area contributed by atoms with Crippen LogP contribution in [0, 0.1) is 5.92 Å². The number of carbonyl (C=O) groups is 2. The van der Waals surface area contributed by atoms with Crippen LogP contribution in [-0.2, 0) is 30.0 Å². The number of ether oxygens (including phenoxy) is 2. The number of rotatable bonds is 11. The minimum absolute atomic E-state index is 0.108. The molecule has 0 aliphatic heterocycles. The molecule has 0 rings (SSSR count). The molecule has 0 spiro atoms. The average molecular weight is 305 g/mol. The van der Waals surface area contributed by atoms with E-state index < -0.39 is 0 Å². The SMILES string of the molecule is CCCC[S+](CCCC)CC(=O)OCOC(=O)C(C)C. The highest BCUT2D eigenvalue weighted by Gasteiger charge is 2.22. The summed E-state index contributed by atoms with van der Waals surface area (Å²) in [5.41, 5.74) is 0. The molecule has 0 unspecified atom stereocenters. The highest BCUT2D eigenvalue weighted by Crippen LogP contribution is 2.07. The van der Waals surface area contributed by atoms with Crippen LogP contribution >= 0.6 is 0 Å². The molecule has 0 amide bonds. The second-order valence-corrected chi connectivity index (χ2v) is 7.45. The summed E-state index contributed by atoms with van der Waals surface area (Å²) in [6.07, 6.45) is 4.61. The number of esters is 2. The van der Waals surface area contributed by atoms with Crippen LogP contribution in [0.15, 0.2) is 0 Å². The van der Waals surface area contributed by atoms with Crippen LogP contribution in [0.25, 0.3) is 0 Å². The lowest BCUT2D eigenvalue weighted by molar-refractivity contribution is -0.167. The van der Waals surface area contributed by atoms with Crippen molar-refractivity contribution in [1.29, 1.82) is 0 Å². The van der Waals surface area contributed by atoms with Gasteiger partial charge in [-0.25, -0.2) is 4.79 Å². The van der Waals surface area contributed by atoms with Gasteiger partial charge < -0.3 is 9.47 Å². The van der Waals surface area contributed by atoms with Gasteiger partial charge in [0.15, 0.2) is 0 Å². The smallest absolute Gasteiger partial charge is 0.359 e. The average Bonchev–Trinajstić information content (AvgIpc) is 2.41. The fraction of sp³-hybridized carbons (Fsp3) is 0.867. The van der Waals surface area contributed by atoms with E-state index in [0.29, 0.717) is 5.75 Å². The second kappa shape index (κ2) is 12.1. The highest BCUT2D eigenvalue weighted by molar-refractivity contribution is 7.97. The second-order valence-electron chi connectivity index (χ2n) is 5.12. The van der Waals surface area contributed by atoms with E-state index in [2.05, 4.69) is 13.8 Å². The van der Waals surface area contributed by atoms with Gasteiger partial charge in [0.1, 0.15) is 11.5 Å². The van der Waals surface area contributed by atoms with Crippen molar-refractivity contribution >= 4 is 22.8 Å². The molecular formula is C15H29O4S+. The summed E-state index contributed by atoms with van der Waals surface area (Å²) in [5, 5.41) is 0. The number of carbonyl (C=O) groups excluding carboxylic acids is 2. The Morgan fingerprint density at radius 1 is 1.00 bits per heavy atom. The first-order valence-electron chi connectivity index (χ1n) is 7.47. The Bertz CT molecular complexity index is 271. The molecule has 20 heavy (non-hydrogen) atoms. The van der Waals surface area contributed by atoms with Gasteiger partial charge in [0, 0.05) is 0 Å². The predicted octanol–water partition coefficient (Wildman–Crippen LogP) is 2.90. The largest absolute Gasteiger partial charge is 0.428 e. The molecule has 0 aromatic carbocycles. The van der Waals surface area contributed by atoms with Crippen molar-refractivity contribution in [3.8, 4) is 0 Å². The van der Waals surface area contributed by atoms with Crippen molar-refractivity contribution in [2.45, 2.75) is 53.4 Å². The van der Waals surface area contributed by atoms with E-state index in [1.807, 2.05) is 0 Å². The molecule has 118 valence electrons. The van der Waals surface area contributed by atoms with Gasteiger partial charge in [-0.05, 0) is 23.7 Å². The monoisotopic (exact) mass is 305 g/mol. The lowest BCUT2D eigenvalue weighted by atomic mass is 10.2. The van der Waals surface area contributed by atoms with Gasteiger partial charge in [-0.15, -0.1) is 0 Å². The van der Waals surface area contributed by atoms with Gasteiger partial charge >= 0.3 is 11.9 Å². The lowest BCUT2D eigenvalue weighted by Gasteiger charge is -2.09. The molecular weight excluding hydrogens is 276 g/mol. The highest BCUT2D eigenvalue weighted by atomic mass is 32.2. The van der Waals surface area contributed by atoms with Crippen molar-refractivity contribution in [2.75, 3.05) is 24.1 Å². The maximum Gasteiger partial charge on any atom is 0.359 e. The maximum absolute atomic E-state index is 11.7. The summed E-state index contributed by atoms with van der Waals surface area (Å²) in [5.74, 6) is 1.86. The first-order valence-corrected chi connectivity index (χ1v) is 9.20. The molecule has 0 heterocycles. The fourth-order valence-electron chi connectivity index (χ4n) is 1.47. The molecule has 0 fully saturated rings. The molecule has 5 heteroatoms. The van der Waals surface area contributed by atoms with Crippen molar-refractivity contribution < 1.29 is 19.1 Å². The third kappa shape index (κ3) is 10.1. The summed E-state index contributed by atoms with van der Waals surface area (Å²) in [6, 6.07) is 0. The van der Waals surface area contributed by atoms with Crippen molar-refractivity contribution in [3.63, 3.8) is 0 Å². The van der Waals surface area contributed by atoms with Gasteiger partial charge in [-0.1, -0.05) is 40.5 Å². The third-order valence-electron chi connectivity index (χ3n) is 2.79. The molecule has 0 aliphatic rings. The van der Waals surface area contributed by atoms with Gasteiger partial charge in [0.05, 0.1) is 5.92 Å². The normalized spacial score (nSPS) is 10.9. The van der Waals surface area contributed by atoms with Crippen LogP contribution in [-0.4, -0.2) is 36.0 Å². The molecule has 4 nitrogen and oxygen atoms in total. The van der Waals surface area contributed by atoms with E-state index in [9.17, 15) is 9.59 Å². The minimum Gasteiger partial charge on any atom is -0.428 e. The molecule has 0 radical (unpaired) electrons. The number of hydrogen-bond donors (Lipinski definition) is 0. The van der Waals surface area contributed by atoms with E-state index in [0.717, 1.165) is 37.2 Å². The van der Waals surface area contributed by atoms with Crippen molar-refractivity contribution in [2.24, 2.45) is 5.92 Å². The van der Waals surface area contributed by atoms with E-state index in [1.54, 1.807) is 13.8 Å². The predicted molar refractivity (Wildman–Crippen MR) is 83.7 cm³/mol. The van der Waals surface area contributed by atoms with E-state index in [1.165, 1.54) is 0 Å². The molecule has 0 saturated heterocycles. The summed E-state index contributed by atoms with van der Waals surface area (Å²) < 4.78 is 9.82. The molecule has 0 saturated carbocycles. The summed E-state index contributed by atoms with van der Waals surface area (Å²) >= 11 is 0. The van der Waals surface area contributed by atoms with Gasteiger partial charge in [0.2, 0.25) is 12.5 Å².